The first kappa shape index (κ1) is 7.30. The van der Waals surface area contributed by atoms with Crippen molar-refractivity contribution in [3.8, 4) is 6.07 Å². The maximum Gasteiger partial charge on any atom is 0.0994 e. The molecule has 1 rings (SSSR count). The Balaban J connectivity index is 3.23. The van der Waals surface area contributed by atoms with E-state index in [2.05, 4.69) is 22.9 Å². The third-order valence-corrected chi connectivity index (χ3v) is 1.68. The van der Waals surface area contributed by atoms with Crippen LogP contribution in [0.5, 0.6) is 0 Å². The van der Waals surface area contributed by atoms with E-state index >= 15 is 0 Å². The minimum Gasteiger partial charge on any atom is -0.192 e. The molecule has 1 nitrogen and oxygen atoms in total. The smallest absolute Gasteiger partial charge is 0.0994 e. The average molecular weight is 195 g/mol. The van der Waals surface area contributed by atoms with Crippen molar-refractivity contribution in [2.75, 3.05) is 0 Å². The Hall–Kier alpha value is -0.810. The summed E-state index contributed by atoms with van der Waals surface area (Å²) in [6.07, 6.45) is 0. The lowest BCUT2D eigenvalue weighted by atomic mass is 10.1. The Labute approximate surface area is 68.4 Å². The molecule has 49 valence electrons. The molecule has 0 aliphatic heterocycles. The van der Waals surface area contributed by atoms with E-state index in [1.54, 1.807) is 6.07 Å². The van der Waals surface area contributed by atoms with E-state index in [4.69, 9.17) is 5.26 Å². The molecule has 10 heavy (non-hydrogen) atoms. The molecule has 0 saturated carbocycles. The average Bonchev–Trinajstić information content (AvgIpc) is 1.88. The lowest BCUT2D eigenvalue weighted by molar-refractivity contribution is 1.45. The second-order valence-corrected chi connectivity index (χ2v) is 2.83. The molecule has 0 N–H and O–H groups in total. The van der Waals surface area contributed by atoms with Crippen molar-refractivity contribution in [1.29, 1.82) is 5.26 Å². The van der Waals surface area contributed by atoms with Gasteiger partial charge in [-0.1, -0.05) is 15.9 Å². The topological polar surface area (TPSA) is 23.8 Å². The molecular formula is C8H5BrN. The summed E-state index contributed by atoms with van der Waals surface area (Å²) in [4.78, 5) is 0. The minimum absolute atomic E-state index is 0.628. The van der Waals surface area contributed by atoms with Gasteiger partial charge in [0.05, 0.1) is 11.6 Å². The number of hydrogen-bond acceptors (Lipinski definition) is 1. The number of nitrogens with zero attached hydrogens (tertiary/aromatic N) is 1. The van der Waals surface area contributed by atoms with Crippen LogP contribution in [0.25, 0.3) is 0 Å². The van der Waals surface area contributed by atoms with Crippen molar-refractivity contribution in [3.63, 3.8) is 0 Å². The van der Waals surface area contributed by atoms with Crippen molar-refractivity contribution < 1.29 is 0 Å². The van der Waals surface area contributed by atoms with E-state index in [0.29, 0.717) is 5.56 Å². The van der Waals surface area contributed by atoms with Gasteiger partial charge in [-0.05, 0) is 30.7 Å². The second kappa shape index (κ2) is 2.85. The second-order valence-electron chi connectivity index (χ2n) is 1.91. The SMILES string of the molecule is [CH2]c1cc(Br)ccc1C#N. The van der Waals surface area contributed by atoms with Crippen LogP contribution in [0.4, 0.5) is 0 Å². The first-order valence-electron chi connectivity index (χ1n) is 2.75. The summed E-state index contributed by atoms with van der Waals surface area (Å²) in [6, 6.07) is 7.43. The molecule has 0 spiro atoms. The Bertz CT molecular complexity index is 286. The highest BCUT2D eigenvalue weighted by atomic mass is 79.9. The fourth-order valence-electron chi connectivity index (χ4n) is 0.671. The summed E-state index contributed by atoms with van der Waals surface area (Å²) in [6.45, 7) is 3.70. The van der Waals surface area contributed by atoms with Gasteiger partial charge in [0, 0.05) is 4.47 Å². The van der Waals surface area contributed by atoms with Crippen LogP contribution in [0, 0.1) is 18.3 Å². The molecule has 0 atom stereocenters. The summed E-state index contributed by atoms with van der Waals surface area (Å²) < 4.78 is 0.955. The predicted molar refractivity (Wildman–Crippen MR) is 43.3 cm³/mol. The van der Waals surface area contributed by atoms with Crippen LogP contribution in [-0.4, -0.2) is 0 Å². The molecule has 0 aliphatic rings. The molecule has 1 radical (unpaired) electrons. The number of rotatable bonds is 0. The highest BCUT2D eigenvalue weighted by molar-refractivity contribution is 9.10. The van der Waals surface area contributed by atoms with Crippen LogP contribution in [-0.2, 0) is 0 Å². The number of benzene rings is 1. The summed E-state index contributed by atoms with van der Waals surface area (Å²) in [5, 5.41) is 8.50. The maximum atomic E-state index is 8.50. The fourth-order valence-corrected chi connectivity index (χ4v) is 1.08. The third-order valence-electron chi connectivity index (χ3n) is 1.19. The zero-order chi connectivity index (χ0) is 7.56. The number of hydrogen-bond donors (Lipinski definition) is 0. The van der Waals surface area contributed by atoms with Gasteiger partial charge in [0.15, 0.2) is 0 Å². The molecule has 1 aromatic carbocycles. The molecule has 0 heterocycles. The monoisotopic (exact) mass is 194 g/mol. The van der Waals surface area contributed by atoms with Crippen LogP contribution in [0.2, 0.25) is 0 Å². The minimum atomic E-state index is 0.628. The van der Waals surface area contributed by atoms with Gasteiger partial charge >= 0.3 is 0 Å². The Morgan fingerprint density at radius 2 is 2.20 bits per heavy atom. The Morgan fingerprint density at radius 1 is 1.50 bits per heavy atom. The van der Waals surface area contributed by atoms with Crippen molar-refractivity contribution in [2.24, 2.45) is 0 Å². The van der Waals surface area contributed by atoms with E-state index < -0.39 is 0 Å². The Kier molecular flexibility index (Phi) is 2.08. The van der Waals surface area contributed by atoms with Crippen LogP contribution < -0.4 is 0 Å². The molecule has 1 aromatic rings. The summed E-state index contributed by atoms with van der Waals surface area (Å²) >= 11 is 3.28. The van der Waals surface area contributed by atoms with Gasteiger partial charge in [0.2, 0.25) is 0 Å². The van der Waals surface area contributed by atoms with Gasteiger partial charge in [-0.25, -0.2) is 0 Å². The van der Waals surface area contributed by atoms with Gasteiger partial charge in [-0.2, -0.15) is 5.26 Å². The van der Waals surface area contributed by atoms with Gasteiger partial charge < -0.3 is 0 Å². The molecular weight excluding hydrogens is 190 g/mol. The highest BCUT2D eigenvalue weighted by Crippen LogP contribution is 2.14. The van der Waals surface area contributed by atoms with E-state index in [0.717, 1.165) is 10.0 Å². The molecule has 0 fully saturated rings. The predicted octanol–water partition coefficient (Wildman–Crippen LogP) is 2.50. The molecule has 0 bridgehead atoms. The quantitative estimate of drug-likeness (QED) is 0.623. The van der Waals surface area contributed by atoms with Gasteiger partial charge in [0.25, 0.3) is 0 Å². The molecule has 0 aliphatic carbocycles. The maximum absolute atomic E-state index is 8.50. The van der Waals surface area contributed by atoms with Crippen molar-refractivity contribution in [1.82, 2.24) is 0 Å². The summed E-state index contributed by atoms with van der Waals surface area (Å²) in [7, 11) is 0. The van der Waals surface area contributed by atoms with Gasteiger partial charge in [-0.15, -0.1) is 0 Å². The fraction of sp³-hybridized carbons (Fsp3) is 0. The molecule has 0 unspecified atom stereocenters. The normalized spacial score (nSPS) is 8.90. The van der Waals surface area contributed by atoms with Crippen LogP contribution >= 0.6 is 15.9 Å². The standard InChI is InChI=1S/C8H5BrN/c1-6-4-8(9)3-2-7(6)5-10/h2-4H,1H2. The molecule has 0 saturated heterocycles. The molecule has 0 aromatic heterocycles. The largest absolute Gasteiger partial charge is 0.192 e. The highest BCUT2D eigenvalue weighted by Gasteiger charge is 1.95. The van der Waals surface area contributed by atoms with E-state index in [1.165, 1.54) is 0 Å². The van der Waals surface area contributed by atoms with Crippen LogP contribution in [0.3, 0.4) is 0 Å². The third kappa shape index (κ3) is 1.37. The van der Waals surface area contributed by atoms with Crippen molar-refractivity contribution >= 4 is 15.9 Å². The van der Waals surface area contributed by atoms with Crippen molar-refractivity contribution in [2.45, 2.75) is 0 Å². The van der Waals surface area contributed by atoms with E-state index in [1.807, 2.05) is 18.2 Å². The summed E-state index contributed by atoms with van der Waals surface area (Å²) in [5.74, 6) is 0. The van der Waals surface area contributed by atoms with Gasteiger partial charge in [0.1, 0.15) is 0 Å². The lowest BCUT2D eigenvalue weighted by Crippen LogP contribution is -1.79. The zero-order valence-corrected chi connectivity index (χ0v) is 6.85. The summed E-state index contributed by atoms with van der Waals surface area (Å²) in [5.41, 5.74) is 1.39. The first-order chi connectivity index (χ1) is 4.74. The van der Waals surface area contributed by atoms with Gasteiger partial charge in [-0.3, -0.25) is 0 Å². The lowest BCUT2D eigenvalue weighted by Gasteiger charge is -1.94. The number of halogens is 1. The molecule has 2 heteroatoms. The Morgan fingerprint density at radius 3 is 2.70 bits per heavy atom. The first-order valence-corrected chi connectivity index (χ1v) is 3.55. The van der Waals surface area contributed by atoms with Crippen LogP contribution in [0.1, 0.15) is 11.1 Å². The molecule has 0 amide bonds. The van der Waals surface area contributed by atoms with Crippen molar-refractivity contribution in [3.05, 3.63) is 40.7 Å². The van der Waals surface area contributed by atoms with E-state index in [-0.39, 0.29) is 0 Å². The van der Waals surface area contributed by atoms with E-state index in [9.17, 15) is 0 Å². The number of nitriles is 1. The zero-order valence-electron chi connectivity index (χ0n) is 5.26. The van der Waals surface area contributed by atoms with Crippen LogP contribution in [0.15, 0.2) is 22.7 Å².